The molecule has 3 aromatic carbocycles. The molecule has 3 aromatic rings. The summed E-state index contributed by atoms with van der Waals surface area (Å²) in [6.45, 7) is 8.63. The van der Waals surface area contributed by atoms with Gasteiger partial charge in [-0.15, -0.1) is 0 Å². The van der Waals surface area contributed by atoms with Crippen molar-refractivity contribution < 1.29 is 33.3 Å². The first-order valence-corrected chi connectivity index (χ1v) is 13.5. The zero-order valence-electron chi connectivity index (χ0n) is 23.0. The van der Waals surface area contributed by atoms with Gasteiger partial charge in [0.05, 0.1) is 25.4 Å². The minimum Gasteiger partial charge on any atom is -0.491 e. The number of carbonyl (C=O) groups is 2. The maximum absolute atomic E-state index is 12.6. The van der Waals surface area contributed by atoms with Crippen LogP contribution in [-0.2, 0) is 19.0 Å². The number of ether oxygens (including phenoxy) is 5. The second kappa shape index (κ2) is 16.3. The number of esters is 2. The fourth-order valence-electron chi connectivity index (χ4n) is 3.65. The van der Waals surface area contributed by atoms with Gasteiger partial charge in [0.1, 0.15) is 24.2 Å². The summed E-state index contributed by atoms with van der Waals surface area (Å²) in [5.74, 6) is 0.484. The molecule has 0 saturated carbocycles. The van der Waals surface area contributed by atoms with Crippen molar-refractivity contribution in [3.8, 4) is 22.6 Å². The van der Waals surface area contributed by atoms with Crippen molar-refractivity contribution in [2.24, 2.45) is 0 Å². The highest BCUT2D eigenvalue weighted by Gasteiger charge is 2.12. The van der Waals surface area contributed by atoms with Crippen molar-refractivity contribution >= 4 is 11.9 Å². The fourth-order valence-corrected chi connectivity index (χ4v) is 3.65. The van der Waals surface area contributed by atoms with Crippen molar-refractivity contribution in [3.63, 3.8) is 0 Å². The zero-order valence-corrected chi connectivity index (χ0v) is 23.0. The Morgan fingerprint density at radius 2 is 1.26 bits per heavy atom. The van der Waals surface area contributed by atoms with Gasteiger partial charge in [0, 0.05) is 13.0 Å². The molecule has 0 aliphatic carbocycles. The Bertz CT molecular complexity index is 1140. The van der Waals surface area contributed by atoms with E-state index in [0.717, 1.165) is 41.9 Å². The first-order chi connectivity index (χ1) is 19.0. The van der Waals surface area contributed by atoms with E-state index in [-0.39, 0.29) is 12.1 Å². The van der Waals surface area contributed by atoms with E-state index in [9.17, 15) is 9.59 Å². The molecular formula is C32H38O7. The Morgan fingerprint density at radius 1 is 0.692 bits per heavy atom. The molecule has 39 heavy (non-hydrogen) atoms. The van der Waals surface area contributed by atoms with Crippen LogP contribution in [0.1, 0.15) is 62.1 Å². The molecule has 0 spiro atoms. The van der Waals surface area contributed by atoms with E-state index in [0.29, 0.717) is 44.2 Å². The summed E-state index contributed by atoms with van der Waals surface area (Å²) in [7, 11) is 0. The molecule has 1 atom stereocenters. The van der Waals surface area contributed by atoms with Gasteiger partial charge in [-0.3, -0.25) is 4.79 Å². The Labute approximate surface area is 231 Å². The molecule has 0 amide bonds. The Hall–Kier alpha value is -3.68. The standard InChI is InChI=1S/C32H38O7/c1-4-6-19-35-20-21-36-22-23-37-29-15-13-27(14-16-29)26-7-9-28(10-8-26)32(34)39-30-17-11-25(12-18-30)24(3)38-31(33)5-2/h7-18,24H,4-6,19-23H2,1-3H3/t24-/m0/s1. The van der Waals surface area contributed by atoms with E-state index >= 15 is 0 Å². The predicted molar refractivity (Wildman–Crippen MR) is 150 cm³/mol. The Balaban J connectivity index is 1.43. The molecule has 0 fully saturated rings. The SMILES string of the molecule is CCCCOCCOCCOc1ccc(-c2ccc(C(=O)Oc3ccc([C@H](C)OC(=O)CC)cc3)cc2)cc1. The van der Waals surface area contributed by atoms with E-state index in [1.807, 2.05) is 36.4 Å². The quantitative estimate of drug-likeness (QED) is 0.114. The average Bonchev–Trinajstić information content (AvgIpc) is 2.97. The first kappa shape index (κ1) is 29.9. The van der Waals surface area contributed by atoms with Crippen molar-refractivity contribution in [2.75, 3.05) is 33.0 Å². The van der Waals surface area contributed by atoms with Crippen molar-refractivity contribution in [1.82, 2.24) is 0 Å². The maximum atomic E-state index is 12.6. The lowest BCUT2D eigenvalue weighted by Gasteiger charge is -2.13. The van der Waals surface area contributed by atoms with Crippen molar-refractivity contribution in [3.05, 3.63) is 83.9 Å². The molecule has 0 radical (unpaired) electrons. The molecule has 0 aliphatic rings. The minimum absolute atomic E-state index is 0.258. The normalized spacial score (nSPS) is 11.6. The van der Waals surface area contributed by atoms with Crippen LogP contribution in [0.4, 0.5) is 0 Å². The maximum Gasteiger partial charge on any atom is 0.343 e. The van der Waals surface area contributed by atoms with Gasteiger partial charge < -0.3 is 23.7 Å². The minimum atomic E-state index is -0.446. The van der Waals surface area contributed by atoms with Gasteiger partial charge >= 0.3 is 11.9 Å². The lowest BCUT2D eigenvalue weighted by molar-refractivity contribution is -0.148. The van der Waals surface area contributed by atoms with Crippen LogP contribution in [0.15, 0.2) is 72.8 Å². The highest BCUT2D eigenvalue weighted by molar-refractivity contribution is 5.91. The molecule has 7 heteroatoms. The summed E-state index contributed by atoms with van der Waals surface area (Å²) in [4.78, 5) is 24.1. The molecule has 0 heterocycles. The van der Waals surface area contributed by atoms with Crippen LogP contribution < -0.4 is 9.47 Å². The zero-order chi connectivity index (χ0) is 27.9. The van der Waals surface area contributed by atoms with E-state index in [1.54, 1.807) is 50.2 Å². The van der Waals surface area contributed by atoms with Crippen LogP contribution in [-0.4, -0.2) is 45.0 Å². The van der Waals surface area contributed by atoms with Crippen LogP contribution in [0.25, 0.3) is 11.1 Å². The lowest BCUT2D eigenvalue weighted by atomic mass is 10.0. The highest BCUT2D eigenvalue weighted by atomic mass is 16.5. The third-order valence-corrected chi connectivity index (χ3v) is 5.98. The van der Waals surface area contributed by atoms with Crippen LogP contribution in [0.3, 0.4) is 0 Å². The summed E-state index contributed by atoms with van der Waals surface area (Å²) < 4.78 is 27.5. The third-order valence-electron chi connectivity index (χ3n) is 5.98. The number of benzene rings is 3. The van der Waals surface area contributed by atoms with Crippen LogP contribution >= 0.6 is 0 Å². The van der Waals surface area contributed by atoms with E-state index < -0.39 is 5.97 Å². The van der Waals surface area contributed by atoms with Crippen molar-refractivity contribution in [2.45, 2.75) is 46.1 Å². The molecule has 0 unspecified atom stereocenters. The van der Waals surface area contributed by atoms with Gasteiger partial charge in [0.2, 0.25) is 0 Å². The summed E-state index contributed by atoms with van der Waals surface area (Å²) in [5.41, 5.74) is 3.26. The smallest absolute Gasteiger partial charge is 0.343 e. The second-order valence-corrected chi connectivity index (χ2v) is 8.97. The molecule has 0 aliphatic heterocycles. The summed E-state index contributed by atoms with van der Waals surface area (Å²) in [6, 6.07) is 22.0. The third kappa shape index (κ3) is 10.2. The monoisotopic (exact) mass is 534 g/mol. The number of rotatable bonds is 16. The van der Waals surface area contributed by atoms with Gasteiger partial charge in [-0.1, -0.05) is 56.7 Å². The summed E-state index contributed by atoms with van der Waals surface area (Å²) >= 11 is 0. The molecule has 3 rings (SSSR count). The number of carbonyl (C=O) groups excluding carboxylic acids is 2. The molecule has 0 N–H and O–H groups in total. The fraction of sp³-hybridized carbons (Fsp3) is 0.375. The van der Waals surface area contributed by atoms with Crippen LogP contribution in [0, 0.1) is 0 Å². The number of unbranched alkanes of at least 4 members (excludes halogenated alkanes) is 1. The van der Waals surface area contributed by atoms with Gasteiger partial charge in [-0.2, -0.15) is 0 Å². The van der Waals surface area contributed by atoms with Crippen molar-refractivity contribution in [1.29, 1.82) is 0 Å². The lowest BCUT2D eigenvalue weighted by Crippen LogP contribution is -2.11. The highest BCUT2D eigenvalue weighted by Crippen LogP contribution is 2.24. The molecule has 208 valence electrons. The molecule has 0 aromatic heterocycles. The first-order valence-electron chi connectivity index (χ1n) is 13.5. The molecular weight excluding hydrogens is 496 g/mol. The van der Waals surface area contributed by atoms with Gasteiger partial charge in [-0.25, -0.2) is 4.79 Å². The Morgan fingerprint density at radius 3 is 1.87 bits per heavy atom. The number of hydrogen-bond donors (Lipinski definition) is 0. The summed E-state index contributed by atoms with van der Waals surface area (Å²) in [5, 5.41) is 0. The van der Waals surface area contributed by atoms with Gasteiger partial charge in [0.25, 0.3) is 0 Å². The van der Waals surface area contributed by atoms with Gasteiger partial charge in [0.15, 0.2) is 0 Å². The molecule has 7 nitrogen and oxygen atoms in total. The Kier molecular flexibility index (Phi) is 12.5. The second-order valence-electron chi connectivity index (χ2n) is 8.97. The predicted octanol–water partition coefficient (Wildman–Crippen LogP) is 6.80. The molecule has 0 bridgehead atoms. The van der Waals surface area contributed by atoms with Crippen LogP contribution in [0.5, 0.6) is 11.5 Å². The van der Waals surface area contributed by atoms with E-state index in [2.05, 4.69) is 6.92 Å². The topological polar surface area (TPSA) is 80.3 Å². The van der Waals surface area contributed by atoms with Gasteiger partial charge in [-0.05, 0) is 66.4 Å². The molecule has 0 saturated heterocycles. The average molecular weight is 535 g/mol. The number of hydrogen-bond acceptors (Lipinski definition) is 7. The summed E-state index contributed by atoms with van der Waals surface area (Å²) in [6.07, 6.45) is 2.16. The van der Waals surface area contributed by atoms with Crippen LogP contribution in [0.2, 0.25) is 0 Å². The van der Waals surface area contributed by atoms with E-state index in [4.69, 9.17) is 23.7 Å². The van der Waals surface area contributed by atoms with E-state index in [1.165, 1.54) is 0 Å². The largest absolute Gasteiger partial charge is 0.491 e.